The highest BCUT2D eigenvalue weighted by Gasteiger charge is 2.30. The summed E-state index contributed by atoms with van der Waals surface area (Å²) in [4.78, 5) is 66.7. The number of thiol groups is 1. The van der Waals surface area contributed by atoms with E-state index in [1.165, 1.54) is 24.3 Å². The van der Waals surface area contributed by atoms with Gasteiger partial charge in [0.2, 0.25) is 23.6 Å². The number of nitrogens with two attached hydrogens (primary N) is 2. The molecule has 0 aliphatic heterocycles. The number of hydrogen-bond donors (Lipinski definition) is 8. The number of nitrogens with zero attached hydrogens (tertiary/aromatic N) is 1. The maximum atomic E-state index is 12.8. The SMILES string of the molecule is CSCCC(NC(=O)C(N)CC(N)=O)C(=O)NC(CS)C(=O)NC(Cc1cnc[nH]1)C(=O)O. The monoisotopic (exact) mass is 503 g/mol. The van der Waals surface area contributed by atoms with Gasteiger partial charge in [0.05, 0.1) is 18.8 Å². The number of carbonyl (C=O) groups excluding carboxylic acids is 4. The summed E-state index contributed by atoms with van der Waals surface area (Å²) < 4.78 is 0. The molecule has 0 aromatic carbocycles. The summed E-state index contributed by atoms with van der Waals surface area (Å²) in [7, 11) is 0. The van der Waals surface area contributed by atoms with Gasteiger partial charge in [0, 0.05) is 24.1 Å². The molecule has 184 valence electrons. The van der Waals surface area contributed by atoms with Crippen LogP contribution >= 0.6 is 24.4 Å². The minimum Gasteiger partial charge on any atom is -0.480 e. The van der Waals surface area contributed by atoms with Gasteiger partial charge >= 0.3 is 5.97 Å². The molecule has 0 saturated heterocycles. The highest BCUT2D eigenvalue weighted by molar-refractivity contribution is 7.98. The van der Waals surface area contributed by atoms with Gasteiger partial charge in [0.25, 0.3) is 0 Å². The van der Waals surface area contributed by atoms with E-state index in [0.717, 1.165) is 0 Å². The summed E-state index contributed by atoms with van der Waals surface area (Å²) in [6.45, 7) is 0. The zero-order chi connectivity index (χ0) is 25.0. The van der Waals surface area contributed by atoms with Crippen LogP contribution in [0.15, 0.2) is 12.5 Å². The average Bonchev–Trinajstić information content (AvgIpc) is 3.26. The first-order valence-corrected chi connectivity index (χ1v) is 11.9. The van der Waals surface area contributed by atoms with Crippen molar-refractivity contribution in [3.63, 3.8) is 0 Å². The molecule has 0 aliphatic rings. The number of carboxylic acid groups (broad SMARTS) is 1. The van der Waals surface area contributed by atoms with E-state index in [0.29, 0.717) is 11.4 Å². The van der Waals surface area contributed by atoms with E-state index in [9.17, 15) is 29.1 Å². The number of carbonyl (C=O) groups is 5. The van der Waals surface area contributed by atoms with Crippen molar-refractivity contribution >= 4 is 54.0 Å². The second kappa shape index (κ2) is 14.4. The summed E-state index contributed by atoms with van der Waals surface area (Å²) in [6, 6.07) is -4.71. The Balaban J connectivity index is 2.82. The third-order valence-corrected chi connectivity index (χ3v) is 5.42. The second-order valence-corrected chi connectivity index (χ2v) is 8.39. The Hall–Kier alpha value is -2.78. The topological polar surface area (TPSA) is 222 Å². The summed E-state index contributed by atoms with van der Waals surface area (Å²) in [5.74, 6) is -3.84. The Bertz CT molecular complexity index is 823. The van der Waals surface area contributed by atoms with E-state index in [-0.39, 0.29) is 18.6 Å². The van der Waals surface area contributed by atoms with E-state index >= 15 is 0 Å². The quantitative estimate of drug-likeness (QED) is 0.117. The minimum atomic E-state index is -1.27. The van der Waals surface area contributed by atoms with Crippen LogP contribution in [-0.4, -0.2) is 86.6 Å². The molecule has 0 radical (unpaired) electrons. The van der Waals surface area contributed by atoms with Gasteiger partial charge in [0.15, 0.2) is 0 Å². The molecule has 0 fully saturated rings. The molecule has 0 saturated carbocycles. The lowest BCUT2D eigenvalue weighted by Crippen LogP contribution is -2.58. The number of primary amides is 1. The van der Waals surface area contributed by atoms with Crippen LogP contribution in [0.3, 0.4) is 0 Å². The van der Waals surface area contributed by atoms with Gasteiger partial charge in [-0.15, -0.1) is 0 Å². The van der Waals surface area contributed by atoms with Gasteiger partial charge in [-0.1, -0.05) is 0 Å². The van der Waals surface area contributed by atoms with Crippen LogP contribution in [0.2, 0.25) is 0 Å². The number of thioether (sulfide) groups is 1. The molecule has 1 heterocycles. The van der Waals surface area contributed by atoms with Crippen molar-refractivity contribution < 1.29 is 29.1 Å². The maximum Gasteiger partial charge on any atom is 0.326 e. The highest BCUT2D eigenvalue weighted by atomic mass is 32.2. The fourth-order valence-corrected chi connectivity index (χ4v) is 3.38. The van der Waals surface area contributed by atoms with Crippen molar-refractivity contribution in [1.82, 2.24) is 25.9 Å². The number of rotatable bonds is 15. The van der Waals surface area contributed by atoms with Crippen molar-refractivity contribution in [2.45, 2.75) is 43.4 Å². The molecule has 0 aliphatic carbocycles. The molecule has 0 bridgehead atoms. The first kappa shape index (κ1) is 28.3. The molecule has 13 nitrogen and oxygen atoms in total. The average molecular weight is 504 g/mol. The third-order valence-electron chi connectivity index (χ3n) is 4.41. The molecule has 9 N–H and O–H groups in total. The van der Waals surface area contributed by atoms with Crippen molar-refractivity contribution in [3.8, 4) is 0 Å². The Morgan fingerprint density at radius 2 is 1.73 bits per heavy atom. The molecule has 1 aromatic rings. The number of amides is 4. The van der Waals surface area contributed by atoms with Gasteiger partial charge < -0.3 is 37.5 Å². The van der Waals surface area contributed by atoms with Crippen molar-refractivity contribution in [1.29, 1.82) is 0 Å². The lowest BCUT2D eigenvalue weighted by Gasteiger charge is -2.24. The zero-order valence-electron chi connectivity index (χ0n) is 17.9. The van der Waals surface area contributed by atoms with Crippen molar-refractivity contribution in [2.75, 3.05) is 17.8 Å². The van der Waals surface area contributed by atoms with Crippen LogP contribution in [0.5, 0.6) is 0 Å². The van der Waals surface area contributed by atoms with Crippen LogP contribution in [0, 0.1) is 0 Å². The van der Waals surface area contributed by atoms with E-state index < -0.39 is 60.2 Å². The summed E-state index contributed by atoms with van der Waals surface area (Å²) in [5.41, 5.74) is 11.2. The summed E-state index contributed by atoms with van der Waals surface area (Å²) in [6.07, 6.45) is 4.41. The Kier molecular flexibility index (Phi) is 12.3. The number of aliphatic carboxylic acids is 1. The third kappa shape index (κ3) is 10.1. The van der Waals surface area contributed by atoms with Crippen molar-refractivity contribution in [3.05, 3.63) is 18.2 Å². The lowest BCUT2D eigenvalue weighted by atomic mass is 10.1. The number of aromatic nitrogens is 2. The van der Waals surface area contributed by atoms with Gasteiger partial charge in [0.1, 0.15) is 18.1 Å². The Morgan fingerprint density at radius 3 is 2.24 bits per heavy atom. The van der Waals surface area contributed by atoms with Gasteiger partial charge in [-0.05, 0) is 18.4 Å². The molecule has 4 atom stereocenters. The second-order valence-electron chi connectivity index (χ2n) is 7.04. The molecular weight excluding hydrogens is 474 g/mol. The number of aromatic amines is 1. The standard InChI is InChI=1S/C18H29N7O6S2/c1-33-3-2-11(23-15(27)10(19)5-14(20)26)16(28)25-13(7-32)17(29)24-12(18(30)31)4-9-6-21-8-22-9/h6,8,10-13,32H,2-5,7,19H2,1H3,(H2,20,26)(H,21,22)(H,23,27)(H,24,29)(H,25,28)(H,30,31). The maximum absolute atomic E-state index is 12.8. The van der Waals surface area contributed by atoms with Crippen LogP contribution < -0.4 is 27.4 Å². The molecule has 33 heavy (non-hydrogen) atoms. The number of H-pyrrole nitrogens is 1. The van der Waals surface area contributed by atoms with Crippen LogP contribution in [0.25, 0.3) is 0 Å². The number of hydrogen-bond acceptors (Lipinski definition) is 9. The molecule has 1 aromatic heterocycles. The Labute approximate surface area is 200 Å². The van der Waals surface area contributed by atoms with Gasteiger partial charge in [-0.3, -0.25) is 19.2 Å². The van der Waals surface area contributed by atoms with E-state index in [1.807, 2.05) is 6.26 Å². The molecule has 4 amide bonds. The molecule has 4 unspecified atom stereocenters. The largest absolute Gasteiger partial charge is 0.480 e. The molecule has 15 heteroatoms. The van der Waals surface area contributed by atoms with E-state index in [4.69, 9.17) is 11.5 Å². The molecule has 1 rings (SSSR count). The predicted octanol–water partition coefficient (Wildman–Crippen LogP) is -2.62. The zero-order valence-corrected chi connectivity index (χ0v) is 19.7. The predicted molar refractivity (Wildman–Crippen MR) is 124 cm³/mol. The fraction of sp³-hybridized carbons (Fsp3) is 0.556. The van der Waals surface area contributed by atoms with Gasteiger partial charge in [-0.25, -0.2) is 9.78 Å². The summed E-state index contributed by atoms with van der Waals surface area (Å²) in [5, 5.41) is 16.7. The first-order chi connectivity index (χ1) is 15.6. The lowest BCUT2D eigenvalue weighted by molar-refractivity contribution is -0.142. The molecular formula is C18H29N7O6S2. The Morgan fingerprint density at radius 1 is 1.12 bits per heavy atom. The number of imidazole rings is 1. The fourth-order valence-electron chi connectivity index (χ4n) is 2.65. The van der Waals surface area contributed by atoms with Crippen LogP contribution in [0.4, 0.5) is 0 Å². The van der Waals surface area contributed by atoms with Crippen LogP contribution in [-0.2, 0) is 30.4 Å². The van der Waals surface area contributed by atoms with E-state index in [1.54, 1.807) is 0 Å². The minimum absolute atomic E-state index is 0.0432. The normalized spacial score (nSPS) is 14.4. The summed E-state index contributed by atoms with van der Waals surface area (Å²) >= 11 is 5.50. The van der Waals surface area contributed by atoms with Crippen LogP contribution in [0.1, 0.15) is 18.5 Å². The number of carboxylic acids is 1. The first-order valence-electron chi connectivity index (χ1n) is 9.83. The molecule has 0 spiro atoms. The van der Waals surface area contributed by atoms with Crippen molar-refractivity contribution in [2.24, 2.45) is 11.5 Å². The number of nitrogens with one attached hydrogen (secondary N) is 4. The van der Waals surface area contributed by atoms with Gasteiger partial charge in [-0.2, -0.15) is 24.4 Å². The van der Waals surface area contributed by atoms with E-state index in [2.05, 4.69) is 38.5 Å². The highest BCUT2D eigenvalue weighted by Crippen LogP contribution is 2.04. The smallest absolute Gasteiger partial charge is 0.326 e.